The normalized spacial score (nSPS) is 11.5. The largest absolute Gasteiger partial charge is 0.344 e. The van der Waals surface area contributed by atoms with Gasteiger partial charge in [0.2, 0.25) is 0 Å². The van der Waals surface area contributed by atoms with Crippen molar-refractivity contribution in [1.29, 1.82) is 0 Å². The summed E-state index contributed by atoms with van der Waals surface area (Å²) in [5.74, 6) is 0. The molecule has 0 radical (unpaired) electrons. The van der Waals surface area contributed by atoms with Crippen molar-refractivity contribution >= 4 is 32.6 Å². The van der Waals surface area contributed by atoms with Crippen molar-refractivity contribution in [2.24, 2.45) is 7.05 Å². The maximum absolute atomic E-state index is 2.36. The molecule has 0 saturated carbocycles. The first-order valence-electron chi connectivity index (χ1n) is 10.4. The van der Waals surface area contributed by atoms with Gasteiger partial charge >= 0.3 is 0 Å². The van der Waals surface area contributed by atoms with Gasteiger partial charge in [-0.2, -0.15) is 0 Å². The Balaban J connectivity index is 1.71. The molecular weight excluding hydrogens is 362 g/mol. The summed E-state index contributed by atoms with van der Waals surface area (Å²) in [5, 5.41) is 5.17. The van der Waals surface area contributed by atoms with E-state index < -0.39 is 0 Å². The molecule has 0 N–H and O–H groups in total. The monoisotopic (exact) mass is 383 g/mol. The molecule has 0 atom stereocenters. The van der Waals surface area contributed by atoms with E-state index in [0.29, 0.717) is 0 Å². The first kappa shape index (κ1) is 17.1. The predicted molar refractivity (Wildman–Crippen MR) is 129 cm³/mol. The van der Waals surface area contributed by atoms with E-state index in [1.807, 2.05) is 0 Å². The van der Waals surface area contributed by atoms with Crippen molar-refractivity contribution in [3.63, 3.8) is 0 Å². The molecule has 5 aromatic carbocycles. The average molecular weight is 383 g/mol. The third-order valence-corrected chi connectivity index (χ3v) is 6.18. The second-order valence-electron chi connectivity index (χ2n) is 7.92. The van der Waals surface area contributed by atoms with Crippen LogP contribution in [0.2, 0.25) is 0 Å². The number of fused-ring (bicyclic) bond motifs is 4. The van der Waals surface area contributed by atoms with Crippen molar-refractivity contribution in [1.82, 2.24) is 4.57 Å². The van der Waals surface area contributed by atoms with Crippen molar-refractivity contribution in [2.45, 2.75) is 0 Å². The van der Waals surface area contributed by atoms with E-state index in [1.54, 1.807) is 0 Å². The number of hydrogen-bond acceptors (Lipinski definition) is 0. The zero-order chi connectivity index (χ0) is 20.1. The van der Waals surface area contributed by atoms with E-state index in [0.717, 1.165) is 0 Å². The van der Waals surface area contributed by atoms with Crippen molar-refractivity contribution in [2.75, 3.05) is 0 Å². The van der Waals surface area contributed by atoms with E-state index in [-0.39, 0.29) is 0 Å². The van der Waals surface area contributed by atoms with Crippen molar-refractivity contribution < 1.29 is 0 Å². The summed E-state index contributed by atoms with van der Waals surface area (Å²) in [7, 11) is 2.17. The van der Waals surface area contributed by atoms with Crippen LogP contribution >= 0.6 is 0 Å². The van der Waals surface area contributed by atoms with Crippen LogP contribution in [0.3, 0.4) is 0 Å². The Bertz CT molecular complexity index is 1540. The van der Waals surface area contributed by atoms with Crippen molar-refractivity contribution in [3.05, 3.63) is 109 Å². The van der Waals surface area contributed by atoms with Crippen molar-refractivity contribution in [3.8, 4) is 22.3 Å². The minimum absolute atomic E-state index is 1.25. The minimum atomic E-state index is 1.25. The van der Waals surface area contributed by atoms with Crippen LogP contribution < -0.4 is 0 Å². The zero-order valence-electron chi connectivity index (χ0n) is 16.8. The van der Waals surface area contributed by atoms with Gasteiger partial charge < -0.3 is 4.57 Å². The summed E-state index contributed by atoms with van der Waals surface area (Å²) in [6, 6.07) is 39.4. The lowest BCUT2D eigenvalue weighted by molar-refractivity contribution is 1.01. The van der Waals surface area contributed by atoms with Crippen LogP contribution in [-0.4, -0.2) is 4.57 Å². The van der Waals surface area contributed by atoms with Crippen LogP contribution in [0, 0.1) is 0 Å². The molecule has 0 aliphatic carbocycles. The quantitative estimate of drug-likeness (QED) is 0.287. The molecule has 0 bridgehead atoms. The van der Waals surface area contributed by atoms with Gasteiger partial charge in [0.15, 0.2) is 0 Å². The summed E-state index contributed by atoms with van der Waals surface area (Å²) in [5.41, 5.74) is 7.56. The highest BCUT2D eigenvalue weighted by Crippen LogP contribution is 2.39. The maximum Gasteiger partial charge on any atom is 0.0501 e. The Hall–Kier alpha value is -3.84. The van der Waals surface area contributed by atoms with Gasteiger partial charge in [-0.15, -0.1) is 0 Å². The molecule has 0 aliphatic rings. The van der Waals surface area contributed by atoms with Gasteiger partial charge in [0.1, 0.15) is 0 Å². The molecule has 1 nitrogen and oxygen atoms in total. The summed E-state index contributed by atoms with van der Waals surface area (Å²) in [6.45, 7) is 0. The number of para-hydroxylation sites is 1. The van der Waals surface area contributed by atoms with E-state index in [4.69, 9.17) is 0 Å². The molecule has 0 saturated heterocycles. The Kier molecular flexibility index (Phi) is 3.75. The number of benzene rings is 5. The van der Waals surface area contributed by atoms with Crippen LogP contribution in [0.25, 0.3) is 54.8 Å². The molecular formula is C29H21N. The smallest absolute Gasteiger partial charge is 0.0501 e. The fourth-order valence-corrected chi connectivity index (χ4v) is 4.66. The second-order valence-corrected chi connectivity index (χ2v) is 7.92. The third kappa shape index (κ3) is 2.56. The van der Waals surface area contributed by atoms with E-state index in [9.17, 15) is 0 Å². The maximum atomic E-state index is 2.36. The van der Waals surface area contributed by atoms with Gasteiger partial charge in [-0.25, -0.2) is 0 Å². The van der Waals surface area contributed by atoms with Gasteiger partial charge in [-0.05, 0) is 57.3 Å². The number of hydrogen-bond donors (Lipinski definition) is 0. The molecule has 0 aliphatic heterocycles. The summed E-state index contributed by atoms with van der Waals surface area (Å²) in [6.07, 6.45) is 0. The molecule has 6 aromatic rings. The van der Waals surface area contributed by atoms with Gasteiger partial charge in [0, 0.05) is 23.3 Å². The predicted octanol–water partition coefficient (Wildman–Crippen LogP) is 7.82. The van der Waals surface area contributed by atoms with Gasteiger partial charge in [-0.3, -0.25) is 0 Å². The lowest BCUT2D eigenvalue weighted by Gasteiger charge is -2.11. The van der Waals surface area contributed by atoms with Crippen LogP contribution in [-0.2, 0) is 7.05 Å². The first-order valence-corrected chi connectivity index (χ1v) is 10.4. The Labute approximate surface area is 175 Å². The lowest BCUT2D eigenvalue weighted by Crippen LogP contribution is -1.89. The lowest BCUT2D eigenvalue weighted by atomic mass is 9.93. The molecule has 0 amide bonds. The van der Waals surface area contributed by atoms with Crippen LogP contribution in [0.5, 0.6) is 0 Å². The standard InChI is InChI=1S/C29H21N/c1-30-27-14-8-7-13-25(27)29-26(21-10-3-2-4-11-21)18-24(19-28(29)30)23-16-15-20-9-5-6-12-22(20)17-23/h2-19H,1H3. The van der Waals surface area contributed by atoms with Crippen LogP contribution in [0.4, 0.5) is 0 Å². The fraction of sp³-hybridized carbons (Fsp3) is 0.0345. The van der Waals surface area contributed by atoms with E-state index in [2.05, 4.69) is 121 Å². The Morgan fingerprint density at radius 2 is 1.23 bits per heavy atom. The first-order chi connectivity index (χ1) is 14.8. The Morgan fingerprint density at radius 3 is 2.10 bits per heavy atom. The molecule has 0 unspecified atom stereocenters. The number of aromatic nitrogens is 1. The molecule has 0 spiro atoms. The second kappa shape index (κ2) is 6.60. The minimum Gasteiger partial charge on any atom is -0.344 e. The van der Waals surface area contributed by atoms with Crippen LogP contribution in [0.15, 0.2) is 109 Å². The van der Waals surface area contributed by atoms with E-state index in [1.165, 1.54) is 54.8 Å². The molecule has 142 valence electrons. The molecule has 1 heterocycles. The number of rotatable bonds is 2. The third-order valence-electron chi connectivity index (χ3n) is 6.18. The topological polar surface area (TPSA) is 4.93 Å². The SMILES string of the molecule is Cn1c2ccccc2c2c(-c3ccccc3)cc(-c3ccc4ccccc4c3)cc21. The highest BCUT2D eigenvalue weighted by Gasteiger charge is 2.15. The molecule has 6 rings (SSSR count). The van der Waals surface area contributed by atoms with Gasteiger partial charge in [0.25, 0.3) is 0 Å². The fourth-order valence-electron chi connectivity index (χ4n) is 4.66. The highest BCUT2D eigenvalue weighted by molar-refractivity contribution is 6.16. The molecule has 1 aromatic heterocycles. The summed E-state index contributed by atoms with van der Waals surface area (Å²) >= 11 is 0. The highest BCUT2D eigenvalue weighted by atomic mass is 14.9. The molecule has 0 fully saturated rings. The number of aryl methyl sites for hydroxylation is 1. The van der Waals surface area contributed by atoms with Gasteiger partial charge in [0.05, 0.1) is 5.52 Å². The van der Waals surface area contributed by atoms with E-state index >= 15 is 0 Å². The summed E-state index contributed by atoms with van der Waals surface area (Å²) in [4.78, 5) is 0. The average Bonchev–Trinajstić information content (AvgIpc) is 3.11. The zero-order valence-corrected chi connectivity index (χ0v) is 16.8. The summed E-state index contributed by atoms with van der Waals surface area (Å²) < 4.78 is 2.32. The molecule has 30 heavy (non-hydrogen) atoms. The van der Waals surface area contributed by atoms with Crippen LogP contribution in [0.1, 0.15) is 0 Å². The Morgan fingerprint density at radius 1 is 0.500 bits per heavy atom. The number of nitrogens with zero attached hydrogens (tertiary/aromatic N) is 1. The molecule has 1 heteroatoms. The van der Waals surface area contributed by atoms with Gasteiger partial charge in [-0.1, -0.05) is 84.9 Å².